The van der Waals surface area contributed by atoms with Gasteiger partial charge in [0.25, 0.3) is 0 Å². The molecule has 80 valence electrons. The van der Waals surface area contributed by atoms with Gasteiger partial charge in [-0.25, -0.2) is 0 Å². The highest BCUT2D eigenvalue weighted by Crippen LogP contribution is 2.17. The van der Waals surface area contributed by atoms with E-state index in [1.165, 1.54) is 10.6 Å². The van der Waals surface area contributed by atoms with Crippen LogP contribution < -0.4 is 5.32 Å². The van der Waals surface area contributed by atoms with Crippen molar-refractivity contribution >= 4 is 11.3 Å². The van der Waals surface area contributed by atoms with Gasteiger partial charge in [0.1, 0.15) is 0 Å². The van der Waals surface area contributed by atoms with E-state index in [1.54, 1.807) is 0 Å². The molecule has 0 spiro atoms. The number of hydrogen-bond acceptors (Lipinski definition) is 2. The minimum absolute atomic E-state index is 0.403. The van der Waals surface area contributed by atoms with Crippen LogP contribution in [0.2, 0.25) is 0 Å². The SMILES string of the molecule is CNC(C)c1cccn1Cc1cccs1. The molecule has 1 unspecified atom stereocenters. The van der Waals surface area contributed by atoms with Crippen molar-refractivity contribution in [1.29, 1.82) is 0 Å². The van der Waals surface area contributed by atoms with Crippen molar-refractivity contribution in [2.75, 3.05) is 7.05 Å². The summed E-state index contributed by atoms with van der Waals surface area (Å²) in [5.41, 5.74) is 1.34. The standard InChI is InChI=1S/C12H16N2S/c1-10(13-2)12-6-3-7-14(12)9-11-5-4-8-15-11/h3-8,10,13H,9H2,1-2H3. The molecule has 1 N–H and O–H groups in total. The molecule has 0 amide bonds. The molecule has 2 aromatic rings. The maximum absolute atomic E-state index is 3.27. The second-order valence-corrected chi connectivity index (χ2v) is 4.68. The molecule has 2 rings (SSSR count). The number of aromatic nitrogens is 1. The van der Waals surface area contributed by atoms with Crippen molar-refractivity contribution in [2.45, 2.75) is 19.5 Å². The third-order valence-corrected chi connectivity index (χ3v) is 3.51. The molecule has 2 nitrogen and oxygen atoms in total. The van der Waals surface area contributed by atoms with Gasteiger partial charge in [-0.05, 0) is 37.6 Å². The summed E-state index contributed by atoms with van der Waals surface area (Å²) in [6.07, 6.45) is 2.14. The van der Waals surface area contributed by atoms with E-state index in [2.05, 4.69) is 52.7 Å². The smallest absolute Gasteiger partial charge is 0.0566 e. The molecule has 0 bridgehead atoms. The summed E-state index contributed by atoms with van der Waals surface area (Å²) in [6, 6.07) is 8.97. The van der Waals surface area contributed by atoms with Gasteiger partial charge in [-0.2, -0.15) is 0 Å². The van der Waals surface area contributed by atoms with Crippen LogP contribution in [-0.4, -0.2) is 11.6 Å². The zero-order chi connectivity index (χ0) is 10.7. The van der Waals surface area contributed by atoms with Crippen molar-refractivity contribution in [3.8, 4) is 0 Å². The average molecular weight is 220 g/mol. The van der Waals surface area contributed by atoms with Gasteiger partial charge in [0.05, 0.1) is 6.54 Å². The molecular weight excluding hydrogens is 204 g/mol. The van der Waals surface area contributed by atoms with Gasteiger partial charge >= 0.3 is 0 Å². The summed E-state index contributed by atoms with van der Waals surface area (Å²) in [7, 11) is 1.99. The fraction of sp³-hybridized carbons (Fsp3) is 0.333. The monoisotopic (exact) mass is 220 g/mol. The molecule has 3 heteroatoms. The van der Waals surface area contributed by atoms with E-state index in [4.69, 9.17) is 0 Å². The minimum Gasteiger partial charge on any atom is -0.345 e. The highest BCUT2D eigenvalue weighted by atomic mass is 32.1. The first-order chi connectivity index (χ1) is 7.31. The Morgan fingerprint density at radius 1 is 1.40 bits per heavy atom. The van der Waals surface area contributed by atoms with Crippen LogP contribution in [0.5, 0.6) is 0 Å². The Morgan fingerprint density at radius 2 is 2.27 bits per heavy atom. The summed E-state index contributed by atoms with van der Waals surface area (Å²) in [6.45, 7) is 3.16. The van der Waals surface area contributed by atoms with E-state index < -0.39 is 0 Å². The van der Waals surface area contributed by atoms with Gasteiger partial charge in [-0.15, -0.1) is 11.3 Å². The number of hydrogen-bond donors (Lipinski definition) is 1. The fourth-order valence-corrected chi connectivity index (χ4v) is 2.39. The molecule has 1 atom stereocenters. The van der Waals surface area contributed by atoms with Crippen molar-refractivity contribution in [2.24, 2.45) is 0 Å². The lowest BCUT2D eigenvalue weighted by atomic mass is 10.2. The molecule has 0 radical (unpaired) electrons. The third kappa shape index (κ3) is 2.30. The molecule has 0 aromatic carbocycles. The van der Waals surface area contributed by atoms with E-state index in [0.717, 1.165) is 6.54 Å². The maximum Gasteiger partial charge on any atom is 0.0566 e. The Labute approximate surface area is 94.6 Å². The summed E-state index contributed by atoms with van der Waals surface area (Å²) in [5, 5.41) is 5.39. The second-order valence-electron chi connectivity index (χ2n) is 3.65. The molecule has 0 saturated carbocycles. The van der Waals surface area contributed by atoms with Crippen molar-refractivity contribution in [1.82, 2.24) is 9.88 Å². The first-order valence-electron chi connectivity index (χ1n) is 5.16. The minimum atomic E-state index is 0.403. The molecule has 2 heterocycles. The molecule has 0 saturated heterocycles. The Kier molecular flexibility index (Phi) is 3.23. The van der Waals surface area contributed by atoms with E-state index in [-0.39, 0.29) is 0 Å². The van der Waals surface area contributed by atoms with E-state index in [9.17, 15) is 0 Å². The predicted octanol–water partition coefficient (Wildman–Crippen LogP) is 2.88. The summed E-state index contributed by atoms with van der Waals surface area (Å²) < 4.78 is 2.30. The van der Waals surface area contributed by atoms with Gasteiger partial charge in [0.15, 0.2) is 0 Å². The molecule has 0 aliphatic heterocycles. The lowest BCUT2D eigenvalue weighted by molar-refractivity contribution is 0.591. The van der Waals surface area contributed by atoms with Gasteiger partial charge < -0.3 is 9.88 Å². The van der Waals surface area contributed by atoms with E-state index in [0.29, 0.717) is 6.04 Å². The molecule has 0 fully saturated rings. The normalized spacial score (nSPS) is 12.9. The Bertz CT molecular complexity index is 403. The van der Waals surface area contributed by atoms with Crippen LogP contribution in [-0.2, 0) is 6.54 Å². The van der Waals surface area contributed by atoms with Crippen molar-refractivity contribution < 1.29 is 0 Å². The van der Waals surface area contributed by atoms with Crippen molar-refractivity contribution in [3.05, 3.63) is 46.4 Å². The van der Waals surface area contributed by atoms with E-state index >= 15 is 0 Å². The molecule has 15 heavy (non-hydrogen) atoms. The second kappa shape index (κ2) is 4.64. The van der Waals surface area contributed by atoms with Crippen LogP contribution >= 0.6 is 11.3 Å². The fourth-order valence-electron chi connectivity index (χ4n) is 1.68. The lowest BCUT2D eigenvalue weighted by Crippen LogP contribution is -2.16. The zero-order valence-corrected chi connectivity index (χ0v) is 9.92. The summed E-state index contributed by atoms with van der Waals surface area (Å²) in [5.74, 6) is 0. The van der Waals surface area contributed by atoms with Crippen LogP contribution in [0, 0.1) is 0 Å². The van der Waals surface area contributed by atoms with Crippen LogP contribution in [0.1, 0.15) is 23.5 Å². The van der Waals surface area contributed by atoms with Gasteiger partial charge in [-0.3, -0.25) is 0 Å². The van der Waals surface area contributed by atoms with Gasteiger partial charge in [0, 0.05) is 22.8 Å². The average Bonchev–Trinajstić information content (AvgIpc) is 2.88. The molecule has 0 aliphatic rings. The topological polar surface area (TPSA) is 17.0 Å². The van der Waals surface area contributed by atoms with Gasteiger partial charge in [-0.1, -0.05) is 6.07 Å². The van der Waals surface area contributed by atoms with E-state index in [1.807, 2.05) is 18.4 Å². The Hall–Kier alpha value is -1.06. The number of nitrogens with one attached hydrogen (secondary N) is 1. The predicted molar refractivity (Wildman–Crippen MR) is 65.3 cm³/mol. The van der Waals surface area contributed by atoms with Crippen LogP contribution in [0.4, 0.5) is 0 Å². The van der Waals surface area contributed by atoms with Crippen molar-refractivity contribution in [3.63, 3.8) is 0 Å². The molecular formula is C12H16N2S. The van der Waals surface area contributed by atoms with Crippen LogP contribution in [0.15, 0.2) is 35.8 Å². The summed E-state index contributed by atoms with van der Waals surface area (Å²) in [4.78, 5) is 1.40. The third-order valence-electron chi connectivity index (χ3n) is 2.65. The first-order valence-corrected chi connectivity index (χ1v) is 6.04. The van der Waals surface area contributed by atoms with Crippen LogP contribution in [0.3, 0.4) is 0 Å². The largest absolute Gasteiger partial charge is 0.345 e. The zero-order valence-electron chi connectivity index (χ0n) is 9.10. The first kappa shape index (κ1) is 10.5. The lowest BCUT2D eigenvalue weighted by Gasteiger charge is -2.14. The summed E-state index contributed by atoms with van der Waals surface area (Å²) >= 11 is 1.81. The highest BCUT2D eigenvalue weighted by Gasteiger charge is 2.07. The maximum atomic E-state index is 3.27. The number of nitrogens with zero attached hydrogens (tertiary/aromatic N) is 1. The number of rotatable bonds is 4. The number of thiophene rings is 1. The van der Waals surface area contributed by atoms with Gasteiger partial charge in [0.2, 0.25) is 0 Å². The Morgan fingerprint density at radius 3 is 2.93 bits per heavy atom. The molecule has 2 aromatic heterocycles. The quantitative estimate of drug-likeness (QED) is 0.838. The Balaban J connectivity index is 2.18. The highest BCUT2D eigenvalue weighted by molar-refractivity contribution is 7.09. The van der Waals surface area contributed by atoms with Crippen LogP contribution in [0.25, 0.3) is 0 Å². The molecule has 0 aliphatic carbocycles.